The van der Waals surface area contributed by atoms with Crippen LogP contribution in [0.25, 0.3) is 55.6 Å². The fourth-order valence-electron chi connectivity index (χ4n) is 5.89. The number of aromatic nitrogens is 5. The number of ether oxygens (including phenoxy) is 2. The highest BCUT2D eigenvalue weighted by molar-refractivity contribution is 6.01. The normalized spacial score (nSPS) is 13.8. The summed E-state index contributed by atoms with van der Waals surface area (Å²) >= 11 is 0. The van der Waals surface area contributed by atoms with Gasteiger partial charge in [0.15, 0.2) is 0 Å². The van der Waals surface area contributed by atoms with E-state index in [1.54, 1.807) is 12.4 Å². The number of halogens is 1. The Morgan fingerprint density at radius 3 is 2.51 bits per heavy atom. The minimum absolute atomic E-state index is 0.356. The van der Waals surface area contributed by atoms with Crippen molar-refractivity contribution in [3.05, 3.63) is 79.0 Å². The molecule has 0 saturated carbocycles. The predicted molar refractivity (Wildman–Crippen MR) is 175 cm³/mol. The van der Waals surface area contributed by atoms with Crippen LogP contribution in [0, 0.1) is 5.82 Å². The first kappa shape index (κ1) is 28.9. The molecule has 0 radical (unpaired) electrons. The topological polar surface area (TPSA) is 95.2 Å². The van der Waals surface area contributed by atoms with Gasteiger partial charge in [0.1, 0.15) is 36.2 Å². The molecule has 1 saturated heterocycles. The highest BCUT2D eigenvalue weighted by Gasteiger charge is 2.17. The number of nitrogens with zero attached hydrogens (tertiary/aromatic N) is 5. The number of hydrogen-bond donors (Lipinski definition) is 2. The van der Waals surface area contributed by atoms with E-state index in [-0.39, 0.29) is 5.82 Å². The van der Waals surface area contributed by atoms with E-state index in [1.807, 2.05) is 56.7 Å². The average molecular weight is 606 g/mol. The number of nitrogens with one attached hydrogen (secondary N) is 2. The Labute approximate surface area is 261 Å². The first-order valence-corrected chi connectivity index (χ1v) is 15.4. The summed E-state index contributed by atoms with van der Waals surface area (Å²) in [6.45, 7) is 4.97. The maximum absolute atomic E-state index is 14.8. The number of H-pyrrole nitrogens is 2. The summed E-state index contributed by atoms with van der Waals surface area (Å²) in [6, 6.07) is 16.9. The largest absolute Gasteiger partial charge is 0.492 e. The molecular weight excluding hydrogens is 569 g/mol. The van der Waals surface area contributed by atoms with Crippen molar-refractivity contribution in [2.75, 3.05) is 53.5 Å². The van der Waals surface area contributed by atoms with Crippen LogP contribution in [0.3, 0.4) is 0 Å². The number of fused-ring (bicyclic) bond motifs is 2. The Hall–Kier alpha value is -4.80. The van der Waals surface area contributed by atoms with Gasteiger partial charge >= 0.3 is 0 Å². The summed E-state index contributed by atoms with van der Waals surface area (Å²) in [7, 11) is 4.04. The van der Waals surface area contributed by atoms with Crippen molar-refractivity contribution in [3.63, 3.8) is 0 Å². The Balaban J connectivity index is 1.18. The molecule has 4 aromatic heterocycles. The number of hydrogen-bond acceptors (Lipinski definition) is 7. The van der Waals surface area contributed by atoms with Crippen LogP contribution in [0.1, 0.15) is 12.8 Å². The van der Waals surface area contributed by atoms with Crippen LogP contribution in [-0.4, -0.2) is 88.4 Å². The molecule has 45 heavy (non-hydrogen) atoms. The van der Waals surface area contributed by atoms with Gasteiger partial charge in [0.05, 0.1) is 23.1 Å². The molecule has 2 N–H and O–H groups in total. The molecule has 2 aromatic carbocycles. The van der Waals surface area contributed by atoms with Crippen molar-refractivity contribution in [1.82, 2.24) is 34.9 Å². The lowest BCUT2D eigenvalue weighted by Gasteiger charge is -2.15. The first-order chi connectivity index (χ1) is 22.0. The van der Waals surface area contributed by atoms with Gasteiger partial charge in [-0.3, -0.25) is 20.0 Å². The Bertz CT molecular complexity index is 1940. The molecular formula is C35H36FN7O2. The summed E-state index contributed by atoms with van der Waals surface area (Å²) in [4.78, 5) is 17.0. The minimum Gasteiger partial charge on any atom is -0.492 e. The summed E-state index contributed by atoms with van der Waals surface area (Å²) in [6.07, 6.45) is 7.76. The van der Waals surface area contributed by atoms with Crippen LogP contribution in [0.5, 0.6) is 11.5 Å². The van der Waals surface area contributed by atoms with Gasteiger partial charge in [0.2, 0.25) is 0 Å². The van der Waals surface area contributed by atoms with Crippen LogP contribution >= 0.6 is 0 Å². The number of rotatable bonds is 11. The quantitative estimate of drug-likeness (QED) is 0.177. The molecule has 9 nitrogen and oxygen atoms in total. The molecule has 1 fully saturated rings. The van der Waals surface area contributed by atoms with Crippen LogP contribution in [0.4, 0.5) is 4.39 Å². The van der Waals surface area contributed by atoms with Crippen LogP contribution < -0.4 is 9.47 Å². The summed E-state index contributed by atoms with van der Waals surface area (Å²) in [5, 5.41) is 9.66. The molecule has 1 aliphatic heterocycles. The lowest BCUT2D eigenvalue weighted by molar-refractivity contribution is 0.237. The molecule has 7 rings (SSSR count). The molecule has 0 bridgehead atoms. The minimum atomic E-state index is -0.356. The monoisotopic (exact) mass is 605 g/mol. The molecule has 6 aromatic rings. The zero-order chi connectivity index (χ0) is 30.8. The standard InChI is InChI=1S/C35H36FN7O2/c1-42(2)11-13-45-28-17-25(21-37-22-28)23-5-6-32-29(18-23)35(41-40-32)33-20-30-31(39-33)7-8-38-34(30)24-15-26(36)19-27(16-24)44-14-12-43-9-3-4-10-43/h5-8,15-22,39H,3-4,9-14H2,1-2H3,(H,40,41). The SMILES string of the molecule is CN(C)CCOc1cncc(-c2ccc3[nH]nc(-c4cc5c(-c6cc(F)cc(OCCN7CCCC7)c6)nccc5[nH]4)c3c2)c1. The first-order valence-electron chi connectivity index (χ1n) is 15.4. The third-order valence-corrected chi connectivity index (χ3v) is 8.24. The van der Waals surface area contributed by atoms with Gasteiger partial charge in [-0.1, -0.05) is 6.07 Å². The lowest BCUT2D eigenvalue weighted by Crippen LogP contribution is -2.25. The van der Waals surface area contributed by atoms with Crippen LogP contribution in [0.2, 0.25) is 0 Å². The smallest absolute Gasteiger partial charge is 0.138 e. The fraction of sp³-hybridized carbons (Fsp3) is 0.286. The van der Waals surface area contributed by atoms with E-state index in [2.05, 4.69) is 41.0 Å². The van der Waals surface area contributed by atoms with Crippen molar-refractivity contribution in [3.8, 4) is 45.3 Å². The molecule has 0 spiro atoms. The van der Waals surface area contributed by atoms with Crippen molar-refractivity contribution in [1.29, 1.82) is 0 Å². The van der Waals surface area contributed by atoms with E-state index >= 15 is 0 Å². The fourth-order valence-corrected chi connectivity index (χ4v) is 5.89. The number of likely N-dealkylation sites (N-methyl/N-ethyl adjacent to an activating group) is 1. The molecule has 0 aliphatic carbocycles. The number of pyridine rings is 2. The average Bonchev–Trinajstić information content (AvgIpc) is 3.80. The van der Waals surface area contributed by atoms with Gasteiger partial charge in [-0.05, 0) is 88.1 Å². The van der Waals surface area contributed by atoms with Gasteiger partial charge in [0, 0.05) is 59.0 Å². The van der Waals surface area contributed by atoms with E-state index in [4.69, 9.17) is 9.47 Å². The van der Waals surface area contributed by atoms with Gasteiger partial charge in [-0.15, -0.1) is 0 Å². The van der Waals surface area contributed by atoms with Crippen LogP contribution in [0.15, 0.2) is 73.2 Å². The Morgan fingerprint density at radius 2 is 1.64 bits per heavy atom. The third-order valence-electron chi connectivity index (χ3n) is 8.24. The second kappa shape index (κ2) is 12.7. The second-order valence-corrected chi connectivity index (χ2v) is 11.8. The number of benzene rings is 2. The number of aromatic amines is 2. The molecule has 0 amide bonds. The summed E-state index contributed by atoms with van der Waals surface area (Å²) < 4.78 is 26.7. The van der Waals surface area contributed by atoms with Gasteiger partial charge < -0.3 is 19.4 Å². The molecule has 0 unspecified atom stereocenters. The second-order valence-electron chi connectivity index (χ2n) is 11.8. The van der Waals surface area contributed by atoms with E-state index < -0.39 is 0 Å². The van der Waals surface area contributed by atoms with E-state index in [0.29, 0.717) is 30.2 Å². The number of likely N-dealkylation sites (tertiary alicyclic amines) is 1. The molecule has 0 atom stereocenters. The zero-order valence-electron chi connectivity index (χ0n) is 25.5. The lowest BCUT2D eigenvalue weighted by atomic mass is 10.0. The van der Waals surface area contributed by atoms with Crippen molar-refractivity contribution in [2.45, 2.75) is 12.8 Å². The van der Waals surface area contributed by atoms with Crippen LogP contribution in [-0.2, 0) is 0 Å². The van der Waals surface area contributed by atoms with E-state index in [9.17, 15) is 4.39 Å². The maximum atomic E-state index is 14.8. The van der Waals surface area contributed by atoms with Crippen molar-refractivity contribution < 1.29 is 13.9 Å². The predicted octanol–water partition coefficient (Wildman–Crippen LogP) is 6.39. The Morgan fingerprint density at radius 1 is 0.822 bits per heavy atom. The zero-order valence-corrected chi connectivity index (χ0v) is 25.5. The highest BCUT2D eigenvalue weighted by atomic mass is 19.1. The van der Waals surface area contributed by atoms with Crippen molar-refractivity contribution in [2.24, 2.45) is 0 Å². The molecule has 5 heterocycles. The van der Waals surface area contributed by atoms with Gasteiger partial charge in [-0.2, -0.15) is 5.10 Å². The highest BCUT2D eigenvalue weighted by Crippen LogP contribution is 2.36. The van der Waals surface area contributed by atoms with Gasteiger partial charge in [-0.25, -0.2) is 4.39 Å². The maximum Gasteiger partial charge on any atom is 0.138 e. The Kier molecular flexibility index (Phi) is 8.15. The van der Waals surface area contributed by atoms with Gasteiger partial charge in [0.25, 0.3) is 0 Å². The summed E-state index contributed by atoms with van der Waals surface area (Å²) in [5.41, 5.74) is 6.72. The van der Waals surface area contributed by atoms with E-state index in [1.165, 1.54) is 25.0 Å². The van der Waals surface area contributed by atoms with Crippen molar-refractivity contribution >= 4 is 21.8 Å². The third kappa shape index (κ3) is 6.38. The molecule has 230 valence electrons. The molecule has 10 heteroatoms. The van der Waals surface area contributed by atoms with E-state index in [0.717, 1.165) is 76.2 Å². The molecule has 1 aliphatic rings. The summed E-state index contributed by atoms with van der Waals surface area (Å²) in [5.74, 6) is 0.881.